The van der Waals surface area contributed by atoms with E-state index in [4.69, 9.17) is 5.14 Å². The third-order valence-corrected chi connectivity index (χ3v) is 5.53. The maximum absolute atomic E-state index is 12.5. The minimum atomic E-state index is -3.78. The zero-order chi connectivity index (χ0) is 19.6. The number of primary sulfonamides is 1. The number of carbonyl (C=O) groups is 2. The average molecular weight is 387 g/mol. The van der Waals surface area contributed by atoms with Gasteiger partial charge in [0.25, 0.3) is 0 Å². The molecule has 0 aromatic heterocycles. The fourth-order valence-electron chi connectivity index (χ4n) is 3.02. The van der Waals surface area contributed by atoms with E-state index in [1.807, 2.05) is 24.3 Å². The number of benzene rings is 2. The van der Waals surface area contributed by atoms with Crippen molar-refractivity contribution < 1.29 is 18.0 Å². The monoisotopic (exact) mass is 387 g/mol. The van der Waals surface area contributed by atoms with E-state index >= 15 is 0 Å². The normalized spacial score (nSPS) is 17.2. The Labute approximate surface area is 158 Å². The van der Waals surface area contributed by atoms with Crippen LogP contribution in [0, 0.1) is 5.92 Å². The highest BCUT2D eigenvalue weighted by molar-refractivity contribution is 7.89. The number of nitrogens with zero attached hydrogens (tertiary/aromatic N) is 1. The van der Waals surface area contributed by atoms with Crippen LogP contribution in [0.5, 0.6) is 0 Å². The second kappa shape index (κ2) is 7.50. The van der Waals surface area contributed by atoms with Crippen molar-refractivity contribution in [2.75, 3.05) is 16.8 Å². The van der Waals surface area contributed by atoms with Crippen molar-refractivity contribution in [3.63, 3.8) is 0 Å². The lowest BCUT2D eigenvalue weighted by Crippen LogP contribution is -2.28. The summed E-state index contributed by atoms with van der Waals surface area (Å²) < 4.78 is 22.5. The average Bonchev–Trinajstić information content (AvgIpc) is 3.03. The van der Waals surface area contributed by atoms with Gasteiger partial charge in [-0.3, -0.25) is 9.59 Å². The van der Waals surface area contributed by atoms with E-state index in [1.54, 1.807) is 4.90 Å². The molecule has 8 heteroatoms. The number of aryl methyl sites for hydroxylation is 1. The summed E-state index contributed by atoms with van der Waals surface area (Å²) in [5.74, 6) is -0.843. The Hall–Kier alpha value is -2.71. The molecule has 0 radical (unpaired) electrons. The zero-order valence-corrected chi connectivity index (χ0v) is 15.7. The summed E-state index contributed by atoms with van der Waals surface area (Å²) in [6.07, 6.45) is 1.06. The van der Waals surface area contributed by atoms with E-state index in [9.17, 15) is 18.0 Å². The highest BCUT2D eigenvalue weighted by Crippen LogP contribution is 2.26. The van der Waals surface area contributed by atoms with Crippen LogP contribution in [0.1, 0.15) is 18.9 Å². The number of anilines is 2. The highest BCUT2D eigenvalue weighted by atomic mass is 32.2. The maximum Gasteiger partial charge on any atom is 0.238 e. The Morgan fingerprint density at radius 2 is 1.78 bits per heavy atom. The number of amides is 2. The molecular weight excluding hydrogens is 366 g/mol. The van der Waals surface area contributed by atoms with Crippen LogP contribution in [0.2, 0.25) is 0 Å². The van der Waals surface area contributed by atoms with Crippen molar-refractivity contribution in [2.45, 2.75) is 24.7 Å². The Bertz CT molecular complexity index is 953. The molecular formula is C19H21N3O4S. The van der Waals surface area contributed by atoms with Crippen LogP contribution in [-0.2, 0) is 26.0 Å². The molecule has 2 aromatic rings. The third-order valence-electron chi connectivity index (χ3n) is 4.60. The first-order valence-corrected chi connectivity index (χ1v) is 10.2. The van der Waals surface area contributed by atoms with Crippen LogP contribution in [0.3, 0.4) is 0 Å². The summed E-state index contributed by atoms with van der Waals surface area (Å²) in [7, 11) is -3.78. The van der Waals surface area contributed by atoms with Gasteiger partial charge in [0.15, 0.2) is 0 Å². The van der Waals surface area contributed by atoms with Crippen LogP contribution in [-0.4, -0.2) is 26.8 Å². The van der Waals surface area contributed by atoms with E-state index < -0.39 is 15.9 Å². The molecule has 2 aromatic carbocycles. The number of carbonyl (C=O) groups excluding carboxylic acids is 2. The second-order valence-electron chi connectivity index (χ2n) is 6.48. The van der Waals surface area contributed by atoms with E-state index in [1.165, 1.54) is 29.8 Å². The molecule has 2 amide bonds. The Kier molecular flexibility index (Phi) is 5.29. The van der Waals surface area contributed by atoms with Gasteiger partial charge in [0.2, 0.25) is 21.8 Å². The number of rotatable bonds is 5. The van der Waals surface area contributed by atoms with Gasteiger partial charge >= 0.3 is 0 Å². The zero-order valence-electron chi connectivity index (χ0n) is 14.9. The quantitative estimate of drug-likeness (QED) is 0.816. The molecule has 27 heavy (non-hydrogen) atoms. The number of hydrogen-bond acceptors (Lipinski definition) is 4. The predicted molar refractivity (Wildman–Crippen MR) is 103 cm³/mol. The van der Waals surface area contributed by atoms with Crippen molar-refractivity contribution in [2.24, 2.45) is 11.1 Å². The minimum Gasteiger partial charge on any atom is -0.326 e. The number of nitrogens with one attached hydrogen (secondary N) is 1. The first-order chi connectivity index (χ1) is 12.8. The molecule has 0 unspecified atom stereocenters. The molecule has 1 heterocycles. The minimum absolute atomic E-state index is 0.0294. The molecule has 0 bridgehead atoms. The summed E-state index contributed by atoms with van der Waals surface area (Å²) in [6, 6.07) is 13.3. The smallest absolute Gasteiger partial charge is 0.238 e. The summed E-state index contributed by atoms with van der Waals surface area (Å²) in [4.78, 5) is 26.4. The Morgan fingerprint density at radius 3 is 2.33 bits per heavy atom. The van der Waals surface area contributed by atoms with Crippen LogP contribution >= 0.6 is 0 Å². The molecule has 142 valence electrons. The topological polar surface area (TPSA) is 110 Å². The van der Waals surface area contributed by atoms with E-state index in [-0.39, 0.29) is 23.1 Å². The van der Waals surface area contributed by atoms with Crippen molar-refractivity contribution in [1.82, 2.24) is 0 Å². The Balaban J connectivity index is 1.66. The lowest BCUT2D eigenvalue weighted by Gasteiger charge is -2.17. The Morgan fingerprint density at radius 1 is 1.15 bits per heavy atom. The van der Waals surface area contributed by atoms with Gasteiger partial charge in [0, 0.05) is 24.3 Å². The lowest BCUT2D eigenvalue weighted by atomic mass is 10.1. The maximum atomic E-state index is 12.5. The van der Waals surface area contributed by atoms with Gasteiger partial charge in [0.1, 0.15) is 0 Å². The van der Waals surface area contributed by atoms with Crippen molar-refractivity contribution >= 4 is 33.2 Å². The van der Waals surface area contributed by atoms with Crippen molar-refractivity contribution in [3.05, 3.63) is 54.1 Å². The molecule has 1 aliphatic rings. The molecule has 0 aliphatic carbocycles. The first-order valence-electron chi connectivity index (χ1n) is 8.61. The lowest BCUT2D eigenvalue weighted by molar-refractivity contribution is -0.122. The predicted octanol–water partition coefficient (Wildman–Crippen LogP) is 1.89. The van der Waals surface area contributed by atoms with Crippen molar-refractivity contribution in [1.29, 1.82) is 0 Å². The molecule has 7 nitrogen and oxygen atoms in total. The fourth-order valence-corrected chi connectivity index (χ4v) is 3.53. The molecule has 1 saturated heterocycles. The van der Waals surface area contributed by atoms with Gasteiger partial charge in [-0.15, -0.1) is 0 Å². The van der Waals surface area contributed by atoms with Crippen molar-refractivity contribution in [3.8, 4) is 0 Å². The molecule has 0 spiro atoms. The van der Waals surface area contributed by atoms with E-state index in [0.29, 0.717) is 12.2 Å². The van der Waals surface area contributed by atoms with Crippen LogP contribution in [0.25, 0.3) is 0 Å². The molecule has 3 rings (SSSR count). The van der Waals surface area contributed by atoms with Crippen LogP contribution in [0.4, 0.5) is 11.4 Å². The number of hydrogen-bond donors (Lipinski definition) is 2. The number of nitrogens with two attached hydrogens (primary N) is 1. The summed E-state index contributed by atoms with van der Waals surface area (Å²) >= 11 is 0. The summed E-state index contributed by atoms with van der Waals surface area (Å²) in [5, 5.41) is 7.77. The fraction of sp³-hybridized carbons (Fsp3) is 0.263. The molecule has 1 aliphatic heterocycles. The third kappa shape index (κ3) is 4.35. The van der Waals surface area contributed by atoms with E-state index in [2.05, 4.69) is 12.2 Å². The molecule has 1 fully saturated rings. The van der Waals surface area contributed by atoms with Crippen LogP contribution < -0.4 is 15.4 Å². The molecule has 1 atom stereocenters. The standard InChI is InChI=1S/C19H21N3O4S/c1-2-13-3-7-16(8-4-13)22-12-14(11-18(22)23)19(24)21-15-5-9-17(10-6-15)27(20,25)26/h3-10,14H,2,11-12H2,1H3,(H,21,24)(H2,20,25,26)/t14-/m1/s1. The summed E-state index contributed by atoms with van der Waals surface area (Å²) in [5.41, 5.74) is 2.42. The van der Waals surface area contributed by atoms with Gasteiger partial charge in [-0.25, -0.2) is 13.6 Å². The van der Waals surface area contributed by atoms with Crippen LogP contribution in [0.15, 0.2) is 53.4 Å². The largest absolute Gasteiger partial charge is 0.326 e. The van der Waals surface area contributed by atoms with Gasteiger partial charge in [0.05, 0.1) is 10.8 Å². The van der Waals surface area contributed by atoms with Gasteiger partial charge in [-0.2, -0.15) is 0 Å². The van der Waals surface area contributed by atoms with Gasteiger partial charge in [-0.05, 0) is 48.4 Å². The van der Waals surface area contributed by atoms with Gasteiger partial charge < -0.3 is 10.2 Å². The molecule has 0 saturated carbocycles. The first kappa shape index (κ1) is 19.1. The molecule has 3 N–H and O–H groups in total. The van der Waals surface area contributed by atoms with E-state index in [0.717, 1.165) is 12.1 Å². The SMILES string of the molecule is CCc1ccc(N2C[C@H](C(=O)Nc3ccc(S(N)(=O)=O)cc3)CC2=O)cc1. The van der Waals surface area contributed by atoms with Gasteiger partial charge in [-0.1, -0.05) is 19.1 Å². The number of sulfonamides is 1. The second-order valence-corrected chi connectivity index (χ2v) is 8.05. The highest BCUT2D eigenvalue weighted by Gasteiger charge is 2.35. The summed E-state index contributed by atoms with van der Waals surface area (Å²) in [6.45, 7) is 2.37.